The average molecular weight is 292 g/mol. The van der Waals surface area contributed by atoms with Crippen molar-refractivity contribution in [3.8, 4) is 0 Å². The minimum absolute atomic E-state index is 0.262. The molecule has 0 radical (unpaired) electrons. The Morgan fingerprint density at radius 3 is 2.65 bits per heavy atom. The minimum Gasteiger partial charge on any atom is -0.320 e. The van der Waals surface area contributed by atoms with E-state index in [-0.39, 0.29) is 5.91 Å². The lowest BCUT2D eigenvalue weighted by Gasteiger charge is -2.07. The highest BCUT2D eigenvalue weighted by Gasteiger charge is 2.12. The van der Waals surface area contributed by atoms with Crippen molar-refractivity contribution in [2.24, 2.45) is 0 Å². The second kappa shape index (κ2) is 5.05. The van der Waals surface area contributed by atoms with Crippen LogP contribution in [-0.2, 0) is 0 Å². The number of halogens is 1. The molecule has 5 heteroatoms. The third-order valence-corrected chi connectivity index (χ3v) is 2.91. The summed E-state index contributed by atoms with van der Waals surface area (Å²) in [6.07, 6.45) is 3.06. The van der Waals surface area contributed by atoms with Crippen molar-refractivity contribution in [3.63, 3.8) is 0 Å². The van der Waals surface area contributed by atoms with E-state index in [1.54, 1.807) is 13.1 Å². The third kappa shape index (κ3) is 2.68. The second-order valence-electron chi connectivity index (χ2n) is 3.42. The molecule has 0 spiro atoms. The maximum Gasteiger partial charge on any atom is 0.276 e. The Hall–Kier alpha value is -1.75. The van der Waals surface area contributed by atoms with Gasteiger partial charge in [-0.3, -0.25) is 9.78 Å². The van der Waals surface area contributed by atoms with Gasteiger partial charge >= 0.3 is 0 Å². The highest BCUT2D eigenvalue weighted by atomic mass is 79.9. The third-order valence-electron chi connectivity index (χ3n) is 2.22. The predicted octanol–water partition coefficient (Wildman–Crippen LogP) is 2.80. The van der Waals surface area contributed by atoms with E-state index in [9.17, 15) is 4.79 Å². The molecule has 0 saturated heterocycles. The standard InChI is InChI=1S/C12H10BrN3O/c1-8-11(15-7-6-14-8)12(17)16-10-5-3-2-4-9(10)13/h2-7H,1H3,(H,16,17). The Morgan fingerprint density at radius 1 is 1.24 bits per heavy atom. The van der Waals surface area contributed by atoms with Gasteiger partial charge in [0.05, 0.1) is 11.4 Å². The van der Waals surface area contributed by atoms with Crippen LogP contribution < -0.4 is 5.32 Å². The summed E-state index contributed by atoms with van der Waals surface area (Å²) < 4.78 is 0.829. The van der Waals surface area contributed by atoms with Gasteiger partial charge in [-0.2, -0.15) is 0 Å². The second-order valence-corrected chi connectivity index (χ2v) is 4.28. The Balaban J connectivity index is 2.24. The summed E-state index contributed by atoms with van der Waals surface area (Å²) in [4.78, 5) is 20.0. The fraction of sp³-hybridized carbons (Fsp3) is 0.0833. The van der Waals surface area contributed by atoms with Crippen LogP contribution in [0.4, 0.5) is 5.69 Å². The first kappa shape index (κ1) is 11.7. The minimum atomic E-state index is -0.262. The average Bonchev–Trinajstić information content (AvgIpc) is 2.32. The quantitative estimate of drug-likeness (QED) is 0.926. The smallest absolute Gasteiger partial charge is 0.276 e. The van der Waals surface area contributed by atoms with E-state index in [0.29, 0.717) is 17.1 Å². The number of rotatable bonds is 2. The topological polar surface area (TPSA) is 54.9 Å². The first-order valence-electron chi connectivity index (χ1n) is 5.02. The fourth-order valence-electron chi connectivity index (χ4n) is 1.37. The van der Waals surface area contributed by atoms with Crippen LogP contribution in [-0.4, -0.2) is 15.9 Å². The number of aryl methyl sites for hydroxylation is 1. The molecule has 1 aromatic carbocycles. The molecule has 0 aliphatic rings. The van der Waals surface area contributed by atoms with Gasteiger partial charge < -0.3 is 5.32 Å². The molecule has 86 valence electrons. The lowest BCUT2D eigenvalue weighted by molar-refractivity contribution is 0.102. The molecule has 0 atom stereocenters. The van der Waals surface area contributed by atoms with E-state index in [2.05, 4.69) is 31.2 Å². The number of carbonyl (C=O) groups excluding carboxylic acids is 1. The number of nitrogens with one attached hydrogen (secondary N) is 1. The van der Waals surface area contributed by atoms with Gasteiger partial charge in [0.2, 0.25) is 0 Å². The number of hydrogen-bond donors (Lipinski definition) is 1. The van der Waals surface area contributed by atoms with E-state index in [4.69, 9.17) is 0 Å². The van der Waals surface area contributed by atoms with Crippen LogP contribution in [0.3, 0.4) is 0 Å². The van der Waals surface area contributed by atoms with Crippen LogP contribution in [0, 0.1) is 6.92 Å². The molecule has 0 unspecified atom stereocenters. The van der Waals surface area contributed by atoms with Crippen molar-refractivity contribution in [1.29, 1.82) is 0 Å². The molecule has 0 saturated carbocycles. The number of benzene rings is 1. The van der Waals surface area contributed by atoms with Crippen molar-refractivity contribution in [3.05, 3.63) is 52.5 Å². The Bertz CT molecular complexity index is 557. The summed E-state index contributed by atoms with van der Waals surface area (Å²) in [6, 6.07) is 7.41. The molecule has 17 heavy (non-hydrogen) atoms. The highest BCUT2D eigenvalue weighted by molar-refractivity contribution is 9.10. The summed E-state index contributed by atoms with van der Waals surface area (Å²) in [5.41, 5.74) is 1.66. The number of carbonyl (C=O) groups is 1. The van der Waals surface area contributed by atoms with Crippen LogP contribution in [0.25, 0.3) is 0 Å². The van der Waals surface area contributed by atoms with Crippen molar-refractivity contribution >= 4 is 27.5 Å². The summed E-state index contributed by atoms with van der Waals surface area (Å²) in [5.74, 6) is -0.262. The lowest BCUT2D eigenvalue weighted by atomic mass is 10.2. The van der Waals surface area contributed by atoms with E-state index in [1.165, 1.54) is 6.20 Å². The van der Waals surface area contributed by atoms with Gasteiger partial charge in [0, 0.05) is 16.9 Å². The van der Waals surface area contributed by atoms with Gasteiger partial charge in [0.25, 0.3) is 5.91 Å². The summed E-state index contributed by atoms with van der Waals surface area (Å²) in [7, 11) is 0. The summed E-state index contributed by atoms with van der Waals surface area (Å²) in [5, 5.41) is 2.78. The summed E-state index contributed by atoms with van der Waals surface area (Å²) in [6.45, 7) is 1.75. The zero-order valence-corrected chi connectivity index (χ0v) is 10.7. The Labute approximate surface area is 107 Å². The first-order chi connectivity index (χ1) is 8.18. The monoisotopic (exact) mass is 291 g/mol. The molecule has 4 nitrogen and oxygen atoms in total. The molecule has 0 fully saturated rings. The van der Waals surface area contributed by atoms with Gasteiger partial charge in [0.15, 0.2) is 0 Å². The van der Waals surface area contributed by atoms with E-state index >= 15 is 0 Å². The summed E-state index contributed by atoms with van der Waals surface area (Å²) >= 11 is 3.37. The molecule has 1 N–H and O–H groups in total. The van der Waals surface area contributed by atoms with Gasteiger partial charge in [-0.05, 0) is 35.0 Å². The number of para-hydroxylation sites is 1. The largest absolute Gasteiger partial charge is 0.320 e. The molecule has 2 rings (SSSR count). The predicted molar refractivity (Wildman–Crippen MR) is 68.9 cm³/mol. The maximum atomic E-state index is 12.0. The number of hydrogen-bond acceptors (Lipinski definition) is 3. The molecule has 1 heterocycles. The maximum absolute atomic E-state index is 12.0. The van der Waals surface area contributed by atoms with Crippen LogP contribution in [0.5, 0.6) is 0 Å². The van der Waals surface area contributed by atoms with Gasteiger partial charge in [0.1, 0.15) is 5.69 Å². The van der Waals surface area contributed by atoms with Crippen LogP contribution in [0.2, 0.25) is 0 Å². The highest BCUT2D eigenvalue weighted by Crippen LogP contribution is 2.21. The first-order valence-corrected chi connectivity index (χ1v) is 5.81. The van der Waals surface area contributed by atoms with E-state index < -0.39 is 0 Å². The zero-order valence-electron chi connectivity index (χ0n) is 9.14. The van der Waals surface area contributed by atoms with Crippen molar-refractivity contribution < 1.29 is 4.79 Å². The van der Waals surface area contributed by atoms with Gasteiger partial charge in [-0.1, -0.05) is 12.1 Å². The van der Waals surface area contributed by atoms with E-state index in [0.717, 1.165) is 4.47 Å². The van der Waals surface area contributed by atoms with E-state index in [1.807, 2.05) is 24.3 Å². The van der Waals surface area contributed by atoms with Gasteiger partial charge in [-0.25, -0.2) is 4.98 Å². The molecule has 0 aliphatic carbocycles. The van der Waals surface area contributed by atoms with Crippen LogP contribution >= 0.6 is 15.9 Å². The molecular weight excluding hydrogens is 282 g/mol. The molecule has 2 aromatic rings. The number of aromatic nitrogens is 2. The SMILES string of the molecule is Cc1nccnc1C(=O)Nc1ccccc1Br. The fourth-order valence-corrected chi connectivity index (χ4v) is 1.76. The Kier molecular flexibility index (Phi) is 3.49. The molecule has 0 bridgehead atoms. The van der Waals surface area contributed by atoms with Crippen molar-refractivity contribution in [2.75, 3.05) is 5.32 Å². The molecule has 0 aliphatic heterocycles. The number of anilines is 1. The van der Waals surface area contributed by atoms with Crippen LogP contribution in [0.1, 0.15) is 16.2 Å². The lowest BCUT2D eigenvalue weighted by Crippen LogP contribution is -2.16. The number of amides is 1. The van der Waals surface area contributed by atoms with Gasteiger partial charge in [-0.15, -0.1) is 0 Å². The van der Waals surface area contributed by atoms with Crippen molar-refractivity contribution in [2.45, 2.75) is 6.92 Å². The van der Waals surface area contributed by atoms with Crippen LogP contribution in [0.15, 0.2) is 41.1 Å². The molecule has 1 amide bonds. The normalized spacial score (nSPS) is 10.0. The Morgan fingerprint density at radius 2 is 1.94 bits per heavy atom. The zero-order chi connectivity index (χ0) is 12.3. The van der Waals surface area contributed by atoms with Crippen molar-refractivity contribution in [1.82, 2.24) is 9.97 Å². The number of nitrogens with zero attached hydrogens (tertiary/aromatic N) is 2. The molecule has 1 aromatic heterocycles. The molecular formula is C12H10BrN3O.